The van der Waals surface area contributed by atoms with Gasteiger partial charge in [-0.25, -0.2) is 4.79 Å². The molecule has 0 aliphatic rings. The Hall–Kier alpha value is -2.60. The number of carbonyl (C=O) groups is 1. The van der Waals surface area contributed by atoms with Gasteiger partial charge in [0.15, 0.2) is 0 Å². The summed E-state index contributed by atoms with van der Waals surface area (Å²) >= 11 is 3.42. The van der Waals surface area contributed by atoms with Crippen LogP contribution in [0, 0.1) is 13.8 Å². The fourth-order valence-electron chi connectivity index (χ4n) is 3.22. The number of hydrogen-bond acceptors (Lipinski definition) is 5. The van der Waals surface area contributed by atoms with Crippen molar-refractivity contribution in [2.75, 3.05) is 6.61 Å². The lowest BCUT2D eigenvalue weighted by Gasteiger charge is -2.13. The summed E-state index contributed by atoms with van der Waals surface area (Å²) in [5, 5.41) is 0.844. The van der Waals surface area contributed by atoms with E-state index in [1.165, 1.54) is 0 Å². The maximum atomic E-state index is 12.5. The Balaban J connectivity index is 1.86. The van der Waals surface area contributed by atoms with Crippen LogP contribution in [-0.4, -0.2) is 12.6 Å². The van der Waals surface area contributed by atoms with E-state index in [0.717, 1.165) is 26.5 Å². The standard InChI is InChI=1S/C23H23BrO5/c1-4-27-21(25)12-10-19-14(2)18-9-11-20(15(3)22(18)29-23(19)26)28-13-16-5-7-17(24)8-6-16/h5-9,11H,4,10,12-13H2,1-3H3. The Bertz CT molecular complexity index is 1080. The fraction of sp³-hybridized carbons (Fsp3) is 0.304. The molecule has 0 unspecified atom stereocenters. The second kappa shape index (κ2) is 9.27. The first-order valence-electron chi connectivity index (χ1n) is 9.49. The topological polar surface area (TPSA) is 65.7 Å². The van der Waals surface area contributed by atoms with Crippen LogP contribution in [0.2, 0.25) is 0 Å². The molecule has 0 radical (unpaired) electrons. The molecule has 0 aliphatic carbocycles. The molecule has 0 bridgehead atoms. The van der Waals surface area contributed by atoms with Gasteiger partial charge in [0.2, 0.25) is 0 Å². The van der Waals surface area contributed by atoms with Gasteiger partial charge >= 0.3 is 11.6 Å². The van der Waals surface area contributed by atoms with Crippen LogP contribution in [0.1, 0.15) is 35.6 Å². The zero-order valence-electron chi connectivity index (χ0n) is 16.7. The van der Waals surface area contributed by atoms with Crippen LogP contribution in [0.5, 0.6) is 5.75 Å². The summed E-state index contributed by atoms with van der Waals surface area (Å²) in [5.74, 6) is 0.349. The van der Waals surface area contributed by atoms with Gasteiger partial charge in [-0.2, -0.15) is 0 Å². The molecule has 2 aromatic carbocycles. The van der Waals surface area contributed by atoms with Gasteiger partial charge in [0.25, 0.3) is 0 Å². The number of ether oxygens (including phenoxy) is 2. The van der Waals surface area contributed by atoms with Crippen molar-refractivity contribution in [3.8, 4) is 5.75 Å². The third kappa shape index (κ3) is 4.88. The molecule has 0 saturated heterocycles. The molecule has 1 heterocycles. The summed E-state index contributed by atoms with van der Waals surface area (Å²) in [4.78, 5) is 24.2. The first kappa shape index (κ1) is 21.1. The third-order valence-electron chi connectivity index (χ3n) is 4.85. The summed E-state index contributed by atoms with van der Waals surface area (Å²) in [6.45, 7) is 6.25. The van der Waals surface area contributed by atoms with Crippen molar-refractivity contribution in [3.63, 3.8) is 0 Å². The lowest BCUT2D eigenvalue weighted by atomic mass is 10.0. The van der Waals surface area contributed by atoms with Crippen molar-refractivity contribution in [1.29, 1.82) is 0 Å². The number of rotatable bonds is 7. The van der Waals surface area contributed by atoms with Gasteiger partial charge in [-0.3, -0.25) is 4.79 Å². The highest BCUT2D eigenvalue weighted by atomic mass is 79.9. The Morgan fingerprint density at radius 2 is 1.79 bits per heavy atom. The van der Waals surface area contributed by atoms with Crippen molar-refractivity contribution in [3.05, 3.63) is 73.5 Å². The van der Waals surface area contributed by atoms with E-state index >= 15 is 0 Å². The van der Waals surface area contributed by atoms with E-state index in [1.807, 2.05) is 50.2 Å². The molecule has 5 nitrogen and oxygen atoms in total. The summed E-state index contributed by atoms with van der Waals surface area (Å²) in [5.41, 5.74) is 3.24. The minimum Gasteiger partial charge on any atom is -0.488 e. The lowest BCUT2D eigenvalue weighted by Crippen LogP contribution is -2.14. The normalized spacial score (nSPS) is 10.9. The van der Waals surface area contributed by atoms with E-state index in [1.54, 1.807) is 6.92 Å². The van der Waals surface area contributed by atoms with Crippen molar-refractivity contribution >= 4 is 32.9 Å². The number of fused-ring (bicyclic) bond motifs is 1. The number of aryl methyl sites for hydroxylation is 2. The molecular weight excluding hydrogens is 436 g/mol. The molecule has 0 aliphatic heterocycles. The van der Waals surface area contributed by atoms with Gasteiger partial charge < -0.3 is 13.9 Å². The molecular formula is C23H23BrO5. The van der Waals surface area contributed by atoms with Crippen LogP contribution in [0.3, 0.4) is 0 Å². The molecule has 0 N–H and O–H groups in total. The molecule has 0 saturated carbocycles. The highest BCUT2D eigenvalue weighted by molar-refractivity contribution is 9.10. The zero-order chi connectivity index (χ0) is 21.0. The van der Waals surface area contributed by atoms with Crippen LogP contribution >= 0.6 is 15.9 Å². The predicted molar refractivity (Wildman–Crippen MR) is 115 cm³/mol. The highest BCUT2D eigenvalue weighted by Gasteiger charge is 2.16. The molecule has 3 aromatic rings. The molecule has 0 spiro atoms. The van der Waals surface area contributed by atoms with E-state index in [0.29, 0.717) is 36.5 Å². The third-order valence-corrected chi connectivity index (χ3v) is 5.37. The molecule has 6 heteroatoms. The van der Waals surface area contributed by atoms with E-state index in [4.69, 9.17) is 13.9 Å². The van der Waals surface area contributed by atoms with Crippen LogP contribution in [-0.2, 0) is 22.6 Å². The summed E-state index contributed by atoms with van der Waals surface area (Å²) in [6, 6.07) is 11.7. The van der Waals surface area contributed by atoms with Gasteiger partial charge in [-0.1, -0.05) is 28.1 Å². The Kier molecular flexibility index (Phi) is 6.75. The van der Waals surface area contributed by atoms with Crippen molar-refractivity contribution < 1.29 is 18.7 Å². The molecule has 3 rings (SSSR count). The monoisotopic (exact) mass is 458 g/mol. The summed E-state index contributed by atoms with van der Waals surface area (Å²) < 4.78 is 17.5. The number of hydrogen-bond donors (Lipinski definition) is 0. The average molecular weight is 459 g/mol. The van der Waals surface area contributed by atoms with Crippen molar-refractivity contribution in [2.45, 2.75) is 40.2 Å². The predicted octanol–water partition coefficient (Wildman–Crippen LogP) is 5.25. The van der Waals surface area contributed by atoms with E-state index in [-0.39, 0.29) is 12.4 Å². The molecule has 152 valence electrons. The summed E-state index contributed by atoms with van der Waals surface area (Å²) in [7, 11) is 0. The van der Waals surface area contributed by atoms with Gasteiger partial charge in [0, 0.05) is 27.4 Å². The van der Waals surface area contributed by atoms with Crippen LogP contribution < -0.4 is 10.4 Å². The van der Waals surface area contributed by atoms with E-state index in [9.17, 15) is 9.59 Å². The van der Waals surface area contributed by atoms with Gasteiger partial charge in [-0.05, 0) is 62.6 Å². The van der Waals surface area contributed by atoms with Crippen LogP contribution in [0.4, 0.5) is 0 Å². The number of halogens is 1. The first-order chi connectivity index (χ1) is 13.9. The minimum atomic E-state index is -0.424. The van der Waals surface area contributed by atoms with Gasteiger partial charge in [-0.15, -0.1) is 0 Å². The number of esters is 1. The molecule has 0 atom stereocenters. The van der Waals surface area contributed by atoms with Crippen LogP contribution in [0.15, 0.2) is 50.1 Å². The fourth-order valence-corrected chi connectivity index (χ4v) is 3.48. The molecule has 1 aromatic heterocycles. The zero-order valence-corrected chi connectivity index (χ0v) is 18.3. The van der Waals surface area contributed by atoms with E-state index in [2.05, 4.69) is 15.9 Å². The second-order valence-electron chi connectivity index (χ2n) is 6.78. The maximum absolute atomic E-state index is 12.5. The smallest absolute Gasteiger partial charge is 0.339 e. The Morgan fingerprint density at radius 1 is 1.07 bits per heavy atom. The first-order valence-corrected chi connectivity index (χ1v) is 10.3. The lowest BCUT2D eigenvalue weighted by molar-refractivity contribution is -0.143. The molecule has 29 heavy (non-hydrogen) atoms. The molecule has 0 fully saturated rings. The van der Waals surface area contributed by atoms with Gasteiger partial charge in [0.05, 0.1) is 6.61 Å². The minimum absolute atomic E-state index is 0.151. The quantitative estimate of drug-likeness (QED) is 0.357. The Labute approximate surface area is 177 Å². The van der Waals surface area contributed by atoms with E-state index < -0.39 is 5.63 Å². The average Bonchev–Trinajstić information content (AvgIpc) is 2.69. The maximum Gasteiger partial charge on any atom is 0.339 e. The number of benzene rings is 2. The highest BCUT2D eigenvalue weighted by Crippen LogP contribution is 2.30. The SMILES string of the molecule is CCOC(=O)CCc1c(C)c2ccc(OCc3ccc(Br)cc3)c(C)c2oc1=O. The molecule has 0 amide bonds. The Morgan fingerprint density at radius 3 is 2.48 bits per heavy atom. The van der Waals surface area contributed by atoms with Crippen molar-refractivity contribution in [2.24, 2.45) is 0 Å². The van der Waals surface area contributed by atoms with Crippen molar-refractivity contribution in [1.82, 2.24) is 0 Å². The largest absolute Gasteiger partial charge is 0.488 e. The van der Waals surface area contributed by atoms with Gasteiger partial charge in [0.1, 0.15) is 17.9 Å². The number of carbonyl (C=O) groups excluding carboxylic acids is 1. The summed E-state index contributed by atoms with van der Waals surface area (Å²) in [6.07, 6.45) is 0.447. The van der Waals surface area contributed by atoms with Crippen LogP contribution in [0.25, 0.3) is 11.0 Å². The second-order valence-corrected chi connectivity index (χ2v) is 7.69.